The van der Waals surface area contributed by atoms with Crippen LogP contribution in [-0.2, 0) is 4.79 Å². The molecule has 0 aromatic rings. The third-order valence-corrected chi connectivity index (χ3v) is 2.32. The standard InChI is InChI=1S/C11H23NO/c1-4-6-11(7-5-2)8-9-12-10(3)13/h11H,4-9H2,1-3H3,(H,12,13). The van der Waals surface area contributed by atoms with E-state index in [1.165, 1.54) is 25.7 Å². The topological polar surface area (TPSA) is 29.1 Å². The van der Waals surface area contributed by atoms with Gasteiger partial charge in [-0.3, -0.25) is 4.79 Å². The zero-order valence-corrected chi connectivity index (χ0v) is 9.23. The van der Waals surface area contributed by atoms with E-state index in [1.807, 2.05) is 0 Å². The molecule has 0 aliphatic heterocycles. The average Bonchev–Trinajstić information content (AvgIpc) is 2.04. The van der Waals surface area contributed by atoms with Crippen molar-refractivity contribution >= 4 is 5.91 Å². The van der Waals surface area contributed by atoms with Gasteiger partial charge in [-0.25, -0.2) is 0 Å². The minimum absolute atomic E-state index is 0.0896. The molecule has 0 saturated heterocycles. The van der Waals surface area contributed by atoms with Crippen LogP contribution in [0.15, 0.2) is 0 Å². The number of amides is 1. The summed E-state index contributed by atoms with van der Waals surface area (Å²) in [6.07, 6.45) is 6.25. The third-order valence-electron chi connectivity index (χ3n) is 2.32. The maximum Gasteiger partial charge on any atom is 0.216 e. The highest BCUT2D eigenvalue weighted by atomic mass is 16.1. The first kappa shape index (κ1) is 12.5. The second-order valence-electron chi connectivity index (χ2n) is 3.72. The molecule has 0 aromatic carbocycles. The quantitative estimate of drug-likeness (QED) is 0.649. The van der Waals surface area contributed by atoms with Crippen molar-refractivity contribution < 1.29 is 4.79 Å². The summed E-state index contributed by atoms with van der Waals surface area (Å²) in [5.74, 6) is 0.897. The van der Waals surface area contributed by atoms with Gasteiger partial charge in [-0.1, -0.05) is 39.5 Å². The van der Waals surface area contributed by atoms with Crippen molar-refractivity contribution in [3.63, 3.8) is 0 Å². The molecule has 1 amide bonds. The highest BCUT2D eigenvalue weighted by Gasteiger charge is 2.05. The summed E-state index contributed by atoms with van der Waals surface area (Å²) in [7, 11) is 0. The van der Waals surface area contributed by atoms with Gasteiger partial charge in [0.1, 0.15) is 0 Å². The summed E-state index contributed by atoms with van der Waals surface area (Å²) in [6.45, 7) is 6.87. The van der Waals surface area contributed by atoms with Gasteiger partial charge in [0.15, 0.2) is 0 Å². The van der Waals surface area contributed by atoms with Gasteiger partial charge in [0.05, 0.1) is 0 Å². The molecule has 0 bridgehead atoms. The molecule has 0 aliphatic carbocycles. The van der Waals surface area contributed by atoms with E-state index in [-0.39, 0.29) is 5.91 Å². The molecule has 1 N–H and O–H groups in total. The van der Waals surface area contributed by atoms with Crippen LogP contribution < -0.4 is 5.32 Å². The lowest BCUT2D eigenvalue weighted by Crippen LogP contribution is -2.22. The van der Waals surface area contributed by atoms with E-state index in [9.17, 15) is 4.79 Å². The van der Waals surface area contributed by atoms with E-state index in [0.717, 1.165) is 18.9 Å². The van der Waals surface area contributed by atoms with Crippen molar-refractivity contribution in [1.82, 2.24) is 5.32 Å². The summed E-state index contributed by atoms with van der Waals surface area (Å²) in [5.41, 5.74) is 0. The summed E-state index contributed by atoms with van der Waals surface area (Å²) >= 11 is 0. The highest BCUT2D eigenvalue weighted by Crippen LogP contribution is 2.16. The smallest absolute Gasteiger partial charge is 0.216 e. The van der Waals surface area contributed by atoms with Gasteiger partial charge in [-0.05, 0) is 12.3 Å². The predicted molar refractivity (Wildman–Crippen MR) is 56.6 cm³/mol. The molecular formula is C11H23NO. The number of nitrogens with one attached hydrogen (secondary N) is 1. The van der Waals surface area contributed by atoms with Gasteiger partial charge in [-0.15, -0.1) is 0 Å². The summed E-state index contributed by atoms with van der Waals surface area (Å²) in [4.78, 5) is 10.6. The lowest BCUT2D eigenvalue weighted by atomic mass is 9.95. The van der Waals surface area contributed by atoms with E-state index < -0.39 is 0 Å². The van der Waals surface area contributed by atoms with Crippen LogP contribution >= 0.6 is 0 Å². The molecule has 2 heteroatoms. The molecule has 0 heterocycles. The SMILES string of the molecule is CCCC(CCC)CCNC(C)=O. The Bertz CT molecular complexity index is 128. The molecule has 0 saturated carbocycles. The first-order valence-electron chi connectivity index (χ1n) is 5.45. The molecular weight excluding hydrogens is 162 g/mol. The highest BCUT2D eigenvalue weighted by molar-refractivity contribution is 5.72. The van der Waals surface area contributed by atoms with E-state index in [0.29, 0.717) is 0 Å². The molecule has 13 heavy (non-hydrogen) atoms. The normalized spacial score (nSPS) is 10.5. The van der Waals surface area contributed by atoms with E-state index in [1.54, 1.807) is 6.92 Å². The van der Waals surface area contributed by atoms with Gasteiger partial charge in [0, 0.05) is 13.5 Å². The van der Waals surface area contributed by atoms with Crippen LogP contribution in [0.5, 0.6) is 0 Å². The second-order valence-corrected chi connectivity index (χ2v) is 3.72. The summed E-state index contributed by atoms with van der Waals surface area (Å²) < 4.78 is 0. The average molecular weight is 185 g/mol. The molecule has 2 nitrogen and oxygen atoms in total. The Morgan fingerprint density at radius 3 is 2.08 bits per heavy atom. The zero-order valence-electron chi connectivity index (χ0n) is 9.23. The van der Waals surface area contributed by atoms with Gasteiger partial charge in [0.2, 0.25) is 5.91 Å². The Labute approximate surface area is 82.1 Å². The largest absolute Gasteiger partial charge is 0.356 e. The van der Waals surface area contributed by atoms with Gasteiger partial charge >= 0.3 is 0 Å². The van der Waals surface area contributed by atoms with Crippen LogP contribution in [0, 0.1) is 5.92 Å². The van der Waals surface area contributed by atoms with E-state index >= 15 is 0 Å². The molecule has 0 unspecified atom stereocenters. The Kier molecular flexibility index (Phi) is 7.76. The number of hydrogen-bond acceptors (Lipinski definition) is 1. The zero-order chi connectivity index (χ0) is 10.1. The fraction of sp³-hybridized carbons (Fsp3) is 0.909. The minimum Gasteiger partial charge on any atom is -0.356 e. The first-order chi connectivity index (χ1) is 6.20. The van der Waals surface area contributed by atoms with Crippen LogP contribution in [0.1, 0.15) is 52.9 Å². The van der Waals surface area contributed by atoms with Gasteiger partial charge in [0.25, 0.3) is 0 Å². The van der Waals surface area contributed by atoms with Crippen molar-refractivity contribution in [3.8, 4) is 0 Å². The monoisotopic (exact) mass is 185 g/mol. The van der Waals surface area contributed by atoms with Crippen LogP contribution in [0.25, 0.3) is 0 Å². The first-order valence-corrected chi connectivity index (χ1v) is 5.45. The number of carbonyl (C=O) groups excluding carboxylic acids is 1. The second kappa shape index (κ2) is 8.09. The van der Waals surface area contributed by atoms with Crippen molar-refractivity contribution in [1.29, 1.82) is 0 Å². The number of rotatable bonds is 7. The lowest BCUT2D eigenvalue weighted by Gasteiger charge is -2.14. The Morgan fingerprint density at radius 1 is 1.15 bits per heavy atom. The number of carbonyl (C=O) groups is 1. The van der Waals surface area contributed by atoms with E-state index in [4.69, 9.17) is 0 Å². The fourth-order valence-corrected chi connectivity index (χ4v) is 1.70. The Balaban J connectivity index is 3.49. The molecule has 0 rings (SSSR count). The number of hydrogen-bond donors (Lipinski definition) is 1. The van der Waals surface area contributed by atoms with Gasteiger partial charge < -0.3 is 5.32 Å². The molecule has 78 valence electrons. The van der Waals surface area contributed by atoms with E-state index in [2.05, 4.69) is 19.2 Å². The molecule has 0 spiro atoms. The molecule has 0 radical (unpaired) electrons. The third kappa shape index (κ3) is 7.82. The van der Waals surface area contributed by atoms with Crippen molar-refractivity contribution in [2.24, 2.45) is 5.92 Å². The maximum absolute atomic E-state index is 10.6. The van der Waals surface area contributed by atoms with Crippen LogP contribution in [0.4, 0.5) is 0 Å². The summed E-state index contributed by atoms with van der Waals surface area (Å²) in [5, 5.41) is 2.85. The van der Waals surface area contributed by atoms with Crippen molar-refractivity contribution in [2.75, 3.05) is 6.54 Å². The molecule has 0 aromatic heterocycles. The van der Waals surface area contributed by atoms with Crippen LogP contribution in [0.3, 0.4) is 0 Å². The van der Waals surface area contributed by atoms with Crippen molar-refractivity contribution in [2.45, 2.75) is 52.9 Å². The maximum atomic E-state index is 10.6. The van der Waals surface area contributed by atoms with Crippen LogP contribution in [0.2, 0.25) is 0 Å². The molecule has 0 fully saturated rings. The molecule has 0 atom stereocenters. The van der Waals surface area contributed by atoms with Crippen LogP contribution in [-0.4, -0.2) is 12.5 Å². The fourth-order valence-electron chi connectivity index (χ4n) is 1.70. The minimum atomic E-state index is 0.0896. The summed E-state index contributed by atoms with van der Waals surface area (Å²) in [6, 6.07) is 0. The van der Waals surface area contributed by atoms with Gasteiger partial charge in [-0.2, -0.15) is 0 Å². The Hall–Kier alpha value is -0.530. The van der Waals surface area contributed by atoms with Crippen molar-refractivity contribution in [3.05, 3.63) is 0 Å². The lowest BCUT2D eigenvalue weighted by molar-refractivity contribution is -0.119. The predicted octanol–water partition coefficient (Wildman–Crippen LogP) is 2.73. The Morgan fingerprint density at radius 2 is 1.69 bits per heavy atom. The molecule has 0 aliphatic rings.